The lowest BCUT2D eigenvalue weighted by Gasteiger charge is -2.24. The molecular weight excluding hydrogens is 515 g/mol. The summed E-state index contributed by atoms with van der Waals surface area (Å²) in [5.74, 6) is 12.3. The number of unbranched alkanes of at least 4 members (excludes halogenated alkanes) is 2. The zero-order valence-corrected chi connectivity index (χ0v) is 21.5. The minimum Gasteiger partial charge on any atom is -0.481 e. The number of carbonyl (C=O) groups is 1. The van der Waals surface area contributed by atoms with Crippen molar-refractivity contribution in [1.82, 2.24) is 0 Å². The molecule has 1 unspecified atom stereocenters. The van der Waals surface area contributed by atoms with Gasteiger partial charge in [-0.1, -0.05) is 59.2 Å². The van der Waals surface area contributed by atoms with Gasteiger partial charge < -0.3 is 15.3 Å². The summed E-state index contributed by atoms with van der Waals surface area (Å²) >= 11 is 2.37. The van der Waals surface area contributed by atoms with Crippen LogP contribution in [0.15, 0.2) is 23.8 Å². The number of carboxylic acid groups (broad SMARTS) is 1. The molecule has 0 aromatic rings. The second-order valence-electron chi connectivity index (χ2n) is 9.22. The maximum atomic E-state index is 10.9. The number of aliphatic carboxylic acids is 1. The molecule has 2 fully saturated rings. The number of aliphatic hydroxyl groups is 2. The second kappa shape index (κ2) is 13.4. The van der Waals surface area contributed by atoms with Crippen molar-refractivity contribution in [3.63, 3.8) is 0 Å². The molecule has 3 N–H and O–H groups in total. The molecule has 0 spiro atoms. The first-order valence-corrected chi connectivity index (χ1v) is 13.2. The van der Waals surface area contributed by atoms with Gasteiger partial charge in [0.15, 0.2) is 0 Å². The number of alkyl halides is 1. The Labute approximate surface area is 207 Å². The van der Waals surface area contributed by atoms with Crippen molar-refractivity contribution in [2.75, 3.05) is 4.43 Å². The van der Waals surface area contributed by atoms with Crippen LogP contribution in [0.3, 0.4) is 0 Å². The fraction of sp³-hybridized carbons (Fsp3) is 0.667. The Morgan fingerprint density at radius 1 is 1.34 bits per heavy atom. The summed E-state index contributed by atoms with van der Waals surface area (Å²) in [6, 6.07) is 0. The van der Waals surface area contributed by atoms with Crippen LogP contribution >= 0.6 is 22.6 Å². The number of halogens is 1. The van der Waals surface area contributed by atoms with Crippen molar-refractivity contribution in [1.29, 1.82) is 0 Å². The number of hydrogen-bond donors (Lipinski definition) is 3. The van der Waals surface area contributed by atoms with Gasteiger partial charge in [0.2, 0.25) is 0 Å². The number of carboxylic acids is 1. The summed E-state index contributed by atoms with van der Waals surface area (Å²) in [4.78, 5) is 10.8. The highest BCUT2D eigenvalue weighted by Gasteiger charge is 2.55. The number of rotatable bonds is 10. The first-order valence-electron chi connectivity index (χ1n) is 11.7. The van der Waals surface area contributed by atoms with E-state index in [2.05, 4.69) is 52.3 Å². The average molecular weight is 552 g/mol. The third-order valence-electron chi connectivity index (χ3n) is 6.73. The quantitative estimate of drug-likeness (QED) is 0.116. The van der Waals surface area contributed by atoms with Gasteiger partial charge in [0.05, 0.1) is 12.2 Å². The number of fused-ring (bicyclic) bond motifs is 1. The molecule has 0 bridgehead atoms. The predicted molar refractivity (Wildman–Crippen MR) is 137 cm³/mol. The Kier molecular flexibility index (Phi) is 11.3. The molecule has 0 amide bonds. The number of hydrogen-bond acceptors (Lipinski definition) is 3. The molecule has 0 aromatic heterocycles. The molecule has 0 aromatic carbocycles. The topological polar surface area (TPSA) is 77.8 Å². The summed E-state index contributed by atoms with van der Waals surface area (Å²) in [5.41, 5.74) is 1.11. The third-order valence-corrected chi connectivity index (χ3v) is 7.49. The summed E-state index contributed by atoms with van der Waals surface area (Å²) in [6.45, 7) is 3.79. The van der Waals surface area contributed by atoms with Crippen molar-refractivity contribution < 1.29 is 20.1 Å². The first kappa shape index (κ1) is 27.0. The second-order valence-corrected chi connectivity index (χ2v) is 10.3. The Hall–Kier alpha value is -1.28. The molecule has 2 saturated carbocycles. The van der Waals surface area contributed by atoms with Crippen molar-refractivity contribution >= 4 is 28.6 Å². The van der Waals surface area contributed by atoms with Gasteiger partial charge in [-0.3, -0.25) is 4.79 Å². The zero-order valence-electron chi connectivity index (χ0n) is 19.3. The van der Waals surface area contributed by atoms with Crippen molar-refractivity contribution in [3.05, 3.63) is 23.8 Å². The van der Waals surface area contributed by atoms with Gasteiger partial charge in [-0.2, -0.15) is 0 Å². The lowest BCUT2D eigenvalue weighted by molar-refractivity contribution is -0.137. The van der Waals surface area contributed by atoms with Gasteiger partial charge in [-0.25, -0.2) is 0 Å². The van der Waals surface area contributed by atoms with E-state index in [-0.39, 0.29) is 29.6 Å². The highest BCUT2D eigenvalue weighted by atomic mass is 127. The predicted octanol–water partition coefficient (Wildman–Crippen LogP) is 5.13. The average Bonchev–Trinajstić information content (AvgIpc) is 3.22. The smallest absolute Gasteiger partial charge is 0.303 e. The zero-order chi connectivity index (χ0) is 23.6. The number of aliphatic hydroxyl groups excluding tert-OH is 2. The molecule has 6 atom stereocenters. The Balaban J connectivity index is 2.17. The van der Waals surface area contributed by atoms with Gasteiger partial charge >= 0.3 is 5.97 Å². The van der Waals surface area contributed by atoms with Gasteiger partial charge in [0.1, 0.15) is 0 Å². The third kappa shape index (κ3) is 7.65. The summed E-state index contributed by atoms with van der Waals surface area (Å²) in [6.07, 6.45) is 11.6. The van der Waals surface area contributed by atoms with Crippen LogP contribution in [-0.2, 0) is 4.79 Å². The lowest BCUT2D eigenvalue weighted by Crippen LogP contribution is -2.21. The fourth-order valence-corrected chi connectivity index (χ4v) is 5.35. The number of allylic oxidation sites excluding steroid dienone is 2. The minimum absolute atomic E-state index is 0.0297. The molecule has 176 valence electrons. The molecule has 5 heteroatoms. The Morgan fingerprint density at radius 3 is 2.81 bits per heavy atom. The summed E-state index contributed by atoms with van der Waals surface area (Å²) in [5, 5.41) is 30.3. The minimum atomic E-state index is -0.754. The Bertz CT molecular complexity index is 809. The molecule has 0 aliphatic heterocycles. The highest BCUT2D eigenvalue weighted by Crippen LogP contribution is 2.59. The molecule has 2 aliphatic carbocycles. The normalized spacial score (nSPS) is 29.8. The standard InChI is InChI=1S/C27H37IO4/c1-3-4-10-20(2)24(29)14-13-22-23-17-21(11-6-7-12-26(31)32)18-27(23,19-25(22)30)15-8-5-9-16-28/h11,13-14,20,22-25,29-30H,5-7,9-10,12,16-19H2,1-2H3,(H,31,32)/b14-13+,21-11-/t20?,22-,23-,24-,25-,27+/m1/s1. The maximum Gasteiger partial charge on any atom is 0.303 e. The van der Waals surface area contributed by atoms with Gasteiger partial charge in [-0.15, -0.1) is 17.8 Å². The van der Waals surface area contributed by atoms with E-state index >= 15 is 0 Å². The van der Waals surface area contributed by atoms with Crippen molar-refractivity contribution in [2.45, 2.75) is 83.8 Å². The van der Waals surface area contributed by atoms with E-state index in [1.165, 1.54) is 5.57 Å². The van der Waals surface area contributed by atoms with Crippen LogP contribution in [0, 0.1) is 46.9 Å². The van der Waals surface area contributed by atoms with Gasteiger partial charge in [-0.05, 0) is 57.3 Å². The molecule has 32 heavy (non-hydrogen) atoms. The SMILES string of the molecule is CC#CCC(C)[C@H](O)/C=C/[C@H]1[C@H](O)C[C@]2(C#CCCCI)C/C(=C\CCCC(=O)O)C[C@H]12. The van der Waals surface area contributed by atoms with Crippen LogP contribution in [-0.4, -0.2) is 37.9 Å². The van der Waals surface area contributed by atoms with Crippen LogP contribution in [0.25, 0.3) is 0 Å². The van der Waals surface area contributed by atoms with Gasteiger partial charge in [0, 0.05) is 35.0 Å². The van der Waals surface area contributed by atoms with E-state index in [4.69, 9.17) is 5.11 Å². The first-order chi connectivity index (χ1) is 15.3. The summed E-state index contributed by atoms with van der Waals surface area (Å²) in [7, 11) is 0. The van der Waals surface area contributed by atoms with E-state index in [0.29, 0.717) is 19.3 Å². The van der Waals surface area contributed by atoms with Crippen LogP contribution in [0.1, 0.15) is 71.6 Å². The van der Waals surface area contributed by atoms with E-state index in [0.717, 1.165) is 36.5 Å². The van der Waals surface area contributed by atoms with Crippen molar-refractivity contribution in [2.24, 2.45) is 23.2 Å². The maximum absolute atomic E-state index is 10.9. The molecule has 2 rings (SSSR count). The molecule has 2 aliphatic rings. The van der Waals surface area contributed by atoms with Crippen LogP contribution in [0.5, 0.6) is 0 Å². The van der Waals surface area contributed by atoms with E-state index in [1.54, 1.807) is 6.92 Å². The van der Waals surface area contributed by atoms with Crippen LogP contribution in [0.4, 0.5) is 0 Å². The van der Waals surface area contributed by atoms with E-state index in [1.807, 2.05) is 19.1 Å². The largest absolute Gasteiger partial charge is 0.481 e. The van der Waals surface area contributed by atoms with Crippen LogP contribution in [0.2, 0.25) is 0 Å². The molecule has 0 heterocycles. The van der Waals surface area contributed by atoms with E-state index < -0.39 is 18.2 Å². The monoisotopic (exact) mass is 552 g/mol. The molecule has 0 saturated heterocycles. The molecule has 0 radical (unpaired) electrons. The Morgan fingerprint density at radius 2 is 2.12 bits per heavy atom. The molecular formula is C27H37IO4. The molecule has 4 nitrogen and oxygen atoms in total. The van der Waals surface area contributed by atoms with Crippen molar-refractivity contribution in [3.8, 4) is 23.7 Å². The highest BCUT2D eigenvalue weighted by molar-refractivity contribution is 14.1. The summed E-state index contributed by atoms with van der Waals surface area (Å²) < 4.78 is 1.09. The van der Waals surface area contributed by atoms with Crippen LogP contribution < -0.4 is 0 Å². The lowest BCUT2D eigenvalue weighted by atomic mass is 9.78. The fourth-order valence-electron chi connectivity index (χ4n) is 4.97. The van der Waals surface area contributed by atoms with Gasteiger partial charge in [0.25, 0.3) is 0 Å². The van der Waals surface area contributed by atoms with E-state index in [9.17, 15) is 15.0 Å².